The van der Waals surface area contributed by atoms with E-state index in [1.165, 1.54) is 19.0 Å². The molecule has 2 aromatic rings. The molecule has 0 fully saturated rings. The minimum absolute atomic E-state index is 0.125. The largest absolute Gasteiger partial charge is 0.467 e. The Morgan fingerprint density at radius 2 is 2.12 bits per heavy atom. The van der Waals surface area contributed by atoms with Crippen LogP contribution in [0.2, 0.25) is 0 Å². The van der Waals surface area contributed by atoms with Crippen molar-refractivity contribution in [2.24, 2.45) is 5.10 Å². The lowest BCUT2D eigenvalue weighted by molar-refractivity contribution is -0.135. The molecule has 1 aromatic carbocycles. The second kappa shape index (κ2) is 9.02. The number of hydrogen-bond acceptors (Lipinski definition) is 9. The number of ether oxygens (including phenoxy) is 5. The molecule has 10 nitrogen and oxygen atoms in total. The number of hydrazone groups is 1. The Hall–Kier alpha value is -3.36. The molecule has 1 amide bonds. The van der Waals surface area contributed by atoms with Crippen molar-refractivity contribution in [1.29, 1.82) is 5.26 Å². The van der Waals surface area contributed by atoms with Crippen molar-refractivity contribution in [3.05, 3.63) is 45.1 Å². The first-order valence-corrected chi connectivity index (χ1v) is 10.4. The van der Waals surface area contributed by atoms with Gasteiger partial charge in [-0.25, -0.2) is 4.98 Å². The van der Waals surface area contributed by atoms with E-state index in [1.54, 1.807) is 25.1 Å². The molecule has 1 atom stereocenters. The van der Waals surface area contributed by atoms with Crippen molar-refractivity contribution in [1.82, 2.24) is 9.99 Å². The number of benzene rings is 1. The summed E-state index contributed by atoms with van der Waals surface area (Å²) in [6, 6.07) is 7.38. The van der Waals surface area contributed by atoms with Crippen LogP contribution >= 0.6 is 15.9 Å². The van der Waals surface area contributed by atoms with E-state index in [4.69, 9.17) is 23.7 Å². The molecule has 0 N–H and O–H groups in total. The molecule has 2 aliphatic heterocycles. The van der Waals surface area contributed by atoms with Gasteiger partial charge in [-0.3, -0.25) is 4.79 Å². The van der Waals surface area contributed by atoms with Crippen molar-refractivity contribution in [2.45, 2.75) is 26.7 Å². The van der Waals surface area contributed by atoms with Gasteiger partial charge in [0.1, 0.15) is 11.6 Å². The number of hydrogen-bond donors (Lipinski definition) is 0. The highest BCUT2D eigenvalue weighted by molar-refractivity contribution is 9.10. The minimum atomic E-state index is -0.778. The summed E-state index contributed by atoms with van der Waals surface area (Å²) in [4.78, 5) is 16.5. The number of halogens is 1. The normalized spacial score (nSPS) is 16.4. The van der Waals surface area contributed by atoms with Gasteiger partial charge < -0.3 is 23.7 Å². The van der Waals surface area contributed by atoms with E-state index in [1.807, 2.05) is 0 Å². The molecule has 0 saturated heterocycles. The van der Waals surface area contributed by atoms with Gasteiger partial charge >= 0.3 is 0 Å². The van der Waals surface area contributed by atoms with Crippen LogP contribution in [0.1, 0.15) is 35.5 Å². The molecule has 0 aliphatic carbocycles. The number of methoxy groups -OCH3 is 1. The summed E-state index contributed by atoms with van der Waals surface area (Å²) < 4.78 is 28.3. The number of pyridine rings is 1. The van der Waals surface area contributed by atoms with E-state index >= 15 is 0 Å². The molecule has 0 radical (unpaired) electrons. The number of amides is 1. The Balaban J connectivity index is 1.55. The summed E-state index contributed by atoms with van der Waals surface area (Å²) in [5, 5.41) is 15.1. The number of aryl methyl sites for hydroxylation is 1. The average Bonchev–Trinajstić information content (AvgIpc) is 3.42. The molecule has 166 valence electrons. The third kappa shape index (κ3) is 4.06. The van der Waals surface area contributed by atoms with Crippen molar-refractivity contribution >= 4 is 27.7 Å². The third-order valence-corrected chi connectivity index (χ3v) is 5.85. The Kier molecular flexibility index (Phi) is 6.16. The Morgan fingerprint density at radius 3 is 2.84 bits per heavy atom. The molecular formula is C21H19BrN4O6. The number of nitrogens with zero attached hydrogens (tertiary/aromatic N) is 4. The number of nitriles is 1. The summed E-state index contributed by atoms with van der Waals surface area (Å²) in [5.74, 6) is 1.19. The number of carbonyl (C=O) groups is 1. The maximum Gasteiger partial charge on any atom is 0.247 e. The van der Waals surface area contributed by atoms with E-state index in [9.17, 15) is 10.1 Å². The topological polar surface area (TPSA) is 116 Å². The van der Waals surface area contributed by atoms with E-state index in [0.717, 1.165) is 0 Å². The number of fused-ring (bicyclic) bond motifs is 1. The van der Waals surface area contributed by atoms with Crippen molar-refractivity contribution in [2.75, 3.05) is 20.5 Å². The molecule has 1 aromatic heterocycles. The fraction of sp³-hybridized carbons (Fsp3) is 0.333. The molecule has 0 unspecified atom stereocenters. The highest BCUT2D eigenvalue weighted by atomic mass is 79.9. The van der Waals surface area contributed by atoms with Gasteiger partial charge in [0, 0.05) is 29.6 Å². The second-order valence-corrected chi connectivity index (χ2v) is 7.74. The van der Waals surface area contributed by atoms with Crippen LogP contribution < -0.4 is 14.2 Å². The predicted octanol–water partition coefficient (Wildman–Crippen LogP) is 3.17. The molecule has 0 spiro atoms. The third-order valence-electron chi connectivity index (χ3n) is 4.79. The van der Waals surface area contributed by atoms with Crippen LogP contribution in [0.15, 0.2) is 27.8 Å². The first-order chi connectivity index (χ1) is 15.4. The van der Waals surface area contributed by atoms with E-state index in [-0.39, 0.29) is 43.3 Å². The number of carbonyl (C=O) groups excluding carboxylic acids is 1. The van der Waals surface area contributed by atoms with E-state index in [0.29, 0.717) is 32.8 Å². The van der Waals surface area contributed by atoms with Gasteiger partial charge in [0.2, 0.25) is 30.7 Å². The quantitative estimate of drug-likeness (QED) is 0.591. The smallest absolute Gasteiger partial charge is 0.247 e. The zero-order valence-electron chi connectivity index (χ0n) is 17.5. The molecule has 3 heterocycles. The molecule has 4 rings (SSSR count). The first-order valence-electron chi connectivity index (χ1n) is 9.57. The summed E-state index contributed by atoms with van der Waals surface area (Å²) in [6.45, 7) is 3.41. The van der Waals surface area contributed by atoms with Crippen LogP contribution in [0, 0.1) is 18.3 Å². The summed E-state index contributed by atoms with van der Waals surface area (Å²) in [6.07, 6.45) is -0.778. The fourth-order valence-corrected chi connectivity index (χ4v) is 3.69. The SMILES string of the molecule is COCc1c(Br)c(C)nc(OCC2=NN(C(C)=O)[C@@H](c3ccc4c(c3)OCO4)O2)c1C#N. The average molecular weight is 503 g/mol. The lowest BCUT2D eigenvalue weighted by atomic mass is 10.1. The van der Waals surface area contributed by atoms with Crippen LogP contribution in [0.5, 0.6) is 17.4 Å². The van der Waals surface area contributed by atoms with Crippen LogP contribution in [0.3, 0.4) is 0 Å². The van der Waals surface area contributed by atoms with Gasteiger partial charge in [0.15, 0.2) is 18.1 Å². The highest BCUT2D eigenvalue weighted by Crippen LogP contribution is 2.37. The second-order valence-electron chi connectivity index (χ2n) is 6.94. The summed E-state index contributed by atoms with van der Waals surface area (Å²) in [5.41, 5.74) is 2.19. The molecule has 0 bridgehead atoms. The van der Waals surface area contributed by atoms with E-state index in [2.05, 4.69) is 32.1 Å². The summed E-state index contributed by atoms with van der Waals surface area (Å²) in [7, 11) is 1.54. The van der Waals surface area contributed by atoms with Gasteiger partial charge in [-0.15, -0.1) is 5.10 Å². The molecule has 32 heavy (non-hydrogen) atoms. The lowest BCUT2D eigenvalue weighted by Crippen LogP contribution is -2.25. The molecular weight excluding hydrogens is 484 g/mol. The van der Waals surface area contributed by atoms with Crippen LogP contribution in [-0.2, 0) is 20.9 Å². The maximum atomic E-state index is 12.2. The van der Waals surface area contributed by atoms with Gasteiger partial charge in [-0.05, 0) is 41.1 Å². The van der Waals surface area contributed by atoms with Gasteiger partial charge in [0.25, 0.3) is 0 Å². The van der Waals surface area contributed by atoms with Crippen molar-refractivity contribution in [3.8, 4) is 23.4 Å². The van der Waals surface area contributed by atoms with Crippen LogP contribution in [-0.4, -0.2) is 42.3 Å². The van der Waals surface area contributed by atoms with Crippen molar-refractivity contribution in [3.63, 3.8) is 0 Å². The Morgan fingerprint density at radius 1 is 1.34 bits per heavy atom. The van der Waals surface area contributed by atoms with Crippen molar-refractivity contribution < 1.29 is 28.5 Å². The van der Waals surface area contributed by atoms with Crippen LogP contribution in [0.25, 0.3) is 0 Å². The van der Waals surface area contributed by atoms with Gasteiger partial charge in [0.05, 0.1) is 12.3 Å². The number of aromatic nitrogens is 1. The van der Waals surface area contributed by atoms with Gasteiger partial charge in [-0.1, -0.05) is 0 Å². The van der Waals surface area contributed by atoms with Gasteiger partial charge in [-0.2, -0.15) is 10.3 Å². The molecule has 0 saturated carbocycles. The summed E-state index contributed by atoms with van der Waals surface area (Å²) >= 11 is 3.44. The number of rotatable bonds is 6. The zero-order chi connectivity index (χ0) is 22.8. The van der Waals surface area contributed by atoms with Crippen LogP contribution in [0.4, 0.5) is 0 Å². The molecule has 2 aliphatic rings. The minimum Gasteiger partial charge on any atom is -0.467 e. The lowest BCUT2D eigenvalue weighted by Gasteiger charge is -2.19. The predicted molar refractivity (Wildman–Crippen MR) is 114 cm³/mol. The maximum absolute atomic E-state index is 12.2. The van der Waals surface area contributed by atoms with E-state index < -0.39 is 6.23 Å². The standard InChI is InChI=1S/C21H19BrN4O6/c1-11-19(22)15(8-28-3)14(7-23)20(24-11)29-9-18-25-26(12(2)27)21(32-18)13-4-5-16-17(6-13)31-10-30-16/h4-6,21H,8-10H2,1-3H3/t21-/m1/s1. The monoisotopic (exact) mass is 502 g/mol. The first kappa shape index (κ1) is 21.9. The molecule has 11 heteroatoms. The Labute approximate surface area is 192 Å². The fourth-order valence-electron chi connectivity index (χ4n) is 3.29. The highest BCUT2D eigenvalue weighted by Gasteiger charge is 2.34. The zero-order valence-corrected chi connectivity index (χ0v) is 19.1. The Bertz CT molecular complexity index is 1150.